The Morgan fingerprint density at radius 2 is 2.09 bits per heavy atom. The summed E-state index contributed by atoms with van der Waals surface area (Å²) in [7, 11) is 1.62. The highest BCUT2D eigenvalue weighted by Gasteiger charge is 2.22. The van der Waals surface area contributed by atoms with Crippen molar-refractivity contribution in [2.75, 3.05) is 0 Å². The molecule has 8 heteroatoms. The van der Waals surface area contributed by atoms with Crippen molar-refractivity contribution in [2.45, 2.75) is 26.7 Å². The minimum Gasteiger partial charge on any atom is -0.267 e. The normalized spacial score (nSPS) is 11.6. The molecule has 120 valence electrons. The summed E-state index contributed by atoms with van der Waals surface area (Å²) in [4.78, 5) is 20.7. The number of nitrogens with zero attached hydrogens (tertiary/aromatic N) is 4. The standard InChI is InChI=1S/C15H14ClFN4OS/c1-6(2)10-13-9(14(22)21(4)20-10)7(3)12(23-13)11-8(17)5-18-15(16)19-11/h5-6H,1-4H3. The fourth-order valence-electron chi connectivity index (χ4n) is 2.47. The molecule has 0 aromatic carbocycles. The van der Waals surface area contributed by atoms with Crippen LogP contribution in [-0.2, 0) is 7.05 Å². The van der Waals surface area contributed by atoms with Gasteiger partial charge in [0.05, 0.1) is 26.9 Å². The van der Waals surface area contributed by atoms with Crippen LogP contribution in [0.1, 0.15) is 31.0 Å². The lowest BCUT2D eigenvalue weighted by molar-refractivity contribution is 0.618. The van der Waals surface area contributed by atoms with Crippen LogP contribution in [0.15, 0.2) is 11.0 Å². The molecule has 0 saturated heterocycles. The molecule has 0 bridgehead atoms. The molecule has 0 fully saturated rings. The maximum absolute atomic E-state index is 14.1. The predicted molar refractivity (Wildman–Crippen MR) is 89.7 cm³/mol. The molecule has 3 aromatic rings. The molecular formula is C15H14ClFN4OS. The first kappa shape index (κ1) is 16.0. The molecule has 3 heterocycles. The molecule has 23 heavy (non-hydrogen) atoms. The molecule has 0 spiro atoms. The van der Waals surface area contributed by atoms with Crippen molar-refractivity contribution in [1.82, 2.24) is 19.7 Å². The van der Waals surface area contributed by atoms with Gasteiger partial charge < -0.3 is 0 Å². The van der Waals surface area contributed by atoms with Crippen molar-refractivity contribution in [2.24, 2.45) is 7.05 Å². The van der Waals surface area contributed by atoms with Crippen molar-refractivity contribution in [3.05, 3.63) is 38.9 Å². The zero-order valence-corrected chi connectivity index (χ0v) is 14.6. The largest absolute Gasteiger partial charge is 0.275 e. The van der Waals surface area contributed by atoms with E-state index in [4.69, 9.17) is 11.6 Å². The van der Waals surface area contributed by atoms with Crippen LogP contribution in [0.2, 0.25) is 5.28 Å². The maximum atomic E-state index is 14.1. The number of thiophene rings is 1. The van der Waals surface area contributed by atoms with E-state index in [-0.39, 0.29) is 22.5 Å². The molecule has 0 radical (unpaired) electrons. The van der Waals surface area contributed by atoms with Crippen LogP contribution in [-0.4, -0.2) is 19.7 Å². The van der Waals surface area contributed by atoms with Crippen molar-refractivity contribution >= 4 is 33.0 Å². The molecule has 0 aliphatic carbocycles. The quantitative estimate of drug-likeness (QED) is 0.660. The maximum Gasteiger partial charge on any atom is 0.275 e. The second-order valence-corrected chi connectivity index (χ2v) is 6.92. The molecule has 5 nitrogen and oxygen atoms in total. The number of halogens is 2. The van der Waals surface area contributed by atoms with E-state index in [1.54, 1.807) is 14.0 Å². The van der Waals surface area contributed by atoms with E-state index in [2.05, 4.69) is 15.1 Å². The lowest BCUT2D eigenvalue weighted by atomic mass is 10.1. The molecule has 0 N–H and O–H groups in total. The first-order chi connectivity index (χ1) is 10.8. The first-order valence-corrected chi connectivity index (χ1v) is 8.19. The van der Waals surface area contributed by atoms with Crippen LogP contribution in [0.4, 0.5) is 4.39 Å². The van der Waals surface area contributed by atoms with Crippen molar-refractivity contribution in [1.29, 1.82) is 0 Å². The van der Waals surface area contributed by atoms with E-state index in [1.807, 2.05) is 13.8 Å². The van der Waals surface area contributed by atoms with E-state index < -0.39 is 5.82 Å². The van der Waals surface area contributed by atoms with Gasteiger partial charge in [0.25, 0.3) is 5.56 Å². The van der Waals surface area contributed by atoms with Crippen LogP contribution >= 0.6 is 22.9 Å². The third-order valence-electron chi connectivity index (χ3n) is 3.62. The zero-order valence-electron chi connectivity index (χ0n) is 13.0. The second kappa shape index (κ2) is 5.65. The second-order valence-electron chi connectivity index (χ2n) is 5.56. The van der Waals surface area contributed by atoms with Gasteiger partial charge in [0.1, 0.15) is 5.69 Å². The van der Waals surface area contributed by atoms with Crippen LogP contribution in [0.3, 0.4) is 0 Å². The molecule has 0 aliphatic heterocycles. The lowest BCUT2D eigenvalue weighted by Crippen LogP contribution is -2.21. The fraction of sp³-hybridized carbons (Fsp3) is 0.333. The van der Waals surface area contributed by atoms with Crippen LogP contribution < -0.4 is 5.56 Å². The Kier molecular flexibility index (Phi) is 3.93. The Labute approximate surface area is 140 Å². The van der Waals surface area contributed by atoms with Gasteiger partial charge in [0, 0.05) is 7.05 Å². The molecule has 0 aliphatic rings. The highest BCUT2D eigenvalue weighted by molar-refractivity contribution is 7.22. The third kappa shape index (κ3) is 2.53. The minimum absolute atomic E-state index is 0.0339. The average Bonchev–Trinajstić information content (AvgIpc) is 2.83. The van der Waals surface area contributed by atoms with Crippen LogP contribution in [0.25, 0.3) is 20.7 Å². The van der Waals surface area contributed by atoms with Crippen molar-refractivity contribution in [3.8, 4) is 10.6 Å². The van der Waals surface area contributed by atoms with Crippen molar-refractivity contribution in [3.63, 3.8) is 0 Å². The van der Waals surface area contributed by atoms with Gasteiger partial charge >= 0.3 is 0 Å². The van der Waals surface area contributed by atoms with Gasteiger partial charge in [-0.15, -0.1) is 11.3 Å². The van der Waals surface area contributed by atoms with Crippen molar-refractivity contribution < 1.29 is 4.39 Å². The minimum atomic E-state index is -0.570. The van der Waals surface area contributed by atoms with E-state index in [9.17, 15) is 9.18 Å². The molecule has 3 aromatic heterocycles. The summed E-state index contributed by atoms with van der Waals surface area (Å²) in [6, 6.07) is 0. The summed E-state index contributed by atoms with van der Waals surface area (Å²) in [5, 5.41) is 4.87. The van der Waals surface area contributed by atoms with E-state index in [1.165, 1.54) is 16.0 Å². The fourth-order valence-corrected chi connectivity index (χ4v) is 4.03. The van der Waals surface area contributed by atoms with Gasteiger partial charge in [0.15, 0.2) is 5.82 Å². The van der Waals surface area contributed by atoms with E-state index in [0.29, 0.717) is 15.8 Å². The number of hydrogen-bond acceptors (Lipinski definition) is 5. The summed E-state index contributed by atoms with van der Waals surface area (Å²) in [6.07, 6.45) is 1.04. The number of aromatic nitrogens is 4. The number of rotatable bonds is 2. The molecule has 0 amide bonds. The SMILES string of the molecule is Cc1c(-c2nc(Cl)ncc2F)sc2c(C(C)C)nn(C)c(=O)c12. The average molecular weight is 353 g/mol. The highest BCUT2D eigenvalue weighted by atomic mass is 35.5. The number of fused-ring (bicyclic) bond motifs is 1. The predicted octanol–water partition coefficient (Wildman–Crippen LogP) is 3.68. The molecule has 0 unspecified atom stereocenters. The smallest absolute Gasteiger partial charge is 0.267 e. The van der Waals surface area contributed by atoms with Gasteiger partial charge in [-0.1, -0.05) is 13.8 Å². The summed E-state index contributed by atoms with van der Waals surface area (Å²) in [5.41, 5.74) is 1.40. The van der Waals surface area contributed by atoms with E-state index in [0.717, 1.165) is 16.6 Å². The monoisotopic (exact) mass is 352 g/mol. The molecule has 0 atom stereocenters. The Hall–Kier alpha value is -1.86. The Morgan fingerprint density at radius 1 is 1.39 bits per heavy atom. The van der Waals surface area contributed by atoms with Crippen LogP contribution in [0, 0.1) is 12.7 Å². The van der Waals surface area contributed by atoms with Gasteiger partial charge in [0.2, 0.25) is 5.28 Å². The summed E-state index contributed by atoms with van der Waals surface area (Å²) in [6.45, 7) is 5.79. The topological polar surface area (TPSA) is 60.7 Å². The molecule has 0 saturated carbocycles. The van der Waals surface area contributed by atoms with Gasteiger partial charge in [-0.3, -0.25) is 4.79 Å². The Balaban J connectivity index is 2.44. The third-order valence-corrected chi connectivity index (χ3v) is 5.12. The summed E-state index contributed by atoms with van der Waals surface area (Å²) >= 11 is 7.11. The summed E-state index contributed by atoms with van der Waals surface area (Å²) < 4.78 is 16.2. The number of aryl methyl sites for hydroxylation is 2. The first-order valence-electron chi connectivity index (χ1n) is 7.00. The Bertz CT molecular complexity index is 980. The Morgan fingerprint density at radius 3 is 2.74 bits per heavy atom. The van der Waals surface area contributed by atoms with Gasteiger partial charge in [-0.25, -0.2) is 19.0 Å². The van der Waals surface area contributed by atoms with E-state index >= 15 is 0 Å². The van der Waals surface area contributed by atoms with Crippen LogP contribution in [0.5, 0.6) is 0 Å². The zero-order chi connectivity index (χ0) is 16.9. The molecular weight excluding hydrogens is 339 g/mol. The number of hydrogen-bond donors (Lipinski definition) is 0. The lowest BCUT2D eigenvalue weighted by Gasteiger charge is -2.07. The van der Waals surface area contributed by atoms with Gasteiger partial charge in [-0.05, 0) is 30.0 Å². The highest BCUT2D eigenvalue weighted by Crippen LogP contribution is 2.39. The molecule has 3 rings (SSSR count). The summed E-state index contributed by atoms with van der Waals surface area (Å²) in [5.74, 6) is -0.436. The van der Waals surface area contributed by atoms with Gasteiger partial charge in [-0.2, -0.15) is 5.10 Å².